The second-order valence-electron chi connectivity index (χ2n) is 7.42. The molecule has 1 fully saturated rings. The number of carbonyl (C=O) groups excluding carboxylic acids is 1. The molecule has 3 aromatic rings. The highest BCUT2D eigenvalue weighted by Crippen LogP contribution is 2.38. The van der Waals surface area contributed by atoms with E-state index in [1.807, 2.05) is 42.5 Å². The maximum Gasteiger partial charge on any atom is 0.323 e. The van der Waals surface area contributed by atoms with Crippen molar-refractivity contribution in [3.63, 3.8) is 0 Å². The van der Waals surface area contributed by atoms with Crippen molar-refractivity contribution in [2.24, 2.45) is 0 Å². The maximum atomic E-state index is 11.8. The highest BCUT2D eigenvalue weighted by Gasteiger charge is 2.31. The molecule has 1 unspecified atom stereocenters. The van der Waals surface area contributed by atoms with Gasteiger partial charge in [-0.05, 0) is 30.3 Å². The average Bonchev–Trinajstić information content (AvgIpc) is 3.47. The largest absolute Gasteiger partial charge is 0.497 e. The SMILES string of the molecule is COC(=O)[C@@H]1CC(Oc2cc(-c3ccc4c(c3)OCO4)nc3cc(OC)ccc23)CN1. The highest BCUT2D eigenvalue weighted by atomic mass is 16.7. The van der Waals surface area contributed by atoms with Crippen molar-refractivity contribution in [2.75, 3.05) is 27.6 Å². The van der Waals surface area contributed by atoms with Crippen molar-refractivity contribution in [3.8, 4) is 34.3 Å². The normalized spacial score (nSPS) is 19.4. The van der Waals surface area contributed by atoms with Crippen molar-refractivity contribution in [1.29, 1.82) is 0 Å². The molecule has 0 amide bonds. The number of methoxy groups -OCH3 is 2. The number of benzene rings is 2. The van der Waals surface area contributed by atoms with Gasteiger partial charge in [0.2, 0.25) is 6.79 Å². The first-order valence-electron chi connectivity index (χ1n) is 10.0. The lowest BCUT2D eigenvalue weighted by Crippen LogP contribution is -2.31. The molecule has 8 nitrogen and oxygen atoms in total. The summed E-state index contributed by atoms with van der Waals surface area (Å²) < 4.78 is 27.5. The van der Waals surface area contributed by atoms with Gasteiger partial charge in [0.05, 0.1) is 25.4 Å². The van der Waals surface area contributed by atoms with E-state index in [0.29, 0.717) is 36.0 Å². The first-order chi connectivity index (χ1) is 15.1. The number of hydrogen-bond acceptors (Lipinski definition) is 8. The van der Waals surface area contributed by atoms with Gasteiger partial charge in [-0.1, -0.05) is 0 Å². The summed E-state index contributed by atoms with van der Waals surface area (Å²) in [4.78, 5) is 16.7. The fourth-order valence-corrected chi connectivity index (χ4v) is 3.90. The molecule has 0 spiro atoms. The van der Waals surface area contributed by atoms with Crippen LogP contribution in [0.1, 0.15) is 6.42 Å². The van der Waals surface area contributed by atoms with E-state index in [1.165, 1.54) is 7.11 Å². The zero-order valence-electron chi connectivity index (χ0n) is 17.2. The molecule has 1 N–H and O–H groups in total. The van der Waals surface area contributed by atoms with E-state index in [-0.39, 0.29) is 24.9 Å². The molecule has 5 rings (SSSR count). The van der Waals surface area contributed by atoms with Crippen LogP contribution in [0, 0.1) is 0 Å². The summed E-state index contributed by atoms with van der Waals surface area (Å²) in [5.74, 6) is 2.53. The smallest absolute Gasteiger partial charge is 0.323 e. The molecule has 0 saturated carbocycles. The summed E-state index contributed by atoms with van der Waals surface area (Å²) in [5.41, 5.74) is 2.38. The van der Waals surface area contributed by atoms with Crippen molar-refractivity contribution in [2.45, 2.75) is 18.6 Å². The van der Waals surface area contributed by atoms with Gasteiger partial charge in [-0.25, -0.2) is 4.98 Å². The van der Waals surface area contributed by atoms with Gasteiger partial charge in [-0.3, -0.25) is 4.79 Å². The van der Waals surface area contributed by atoms with Gasteiger partial charge in [0.15, 0.2) is 11.5 Å². The molecule has 0 bridgehead atoms. The zero-order chi connectivity index (χ0) is 21.4. The Morgan fingerprint density at radius 3 is 2.81 bits per heavy atom. The van der Waals surface area contributed by atoms with Gasteiger partial charge in [-0.15, -0.1) is 0 Å². The third-order valence-electron chi connectivity index (χ3n) is 5.52. The van der Waals surface area contributed by atoms with E-state index in [1.54, 1.807) is 7.11 Å². The number of esters is 1. The Morgan fingerprint density at radius 2 is 1.97 bits per heavy atom. The summed E-state index contributed by atoms with van der Waals surface area (Å²) in [6.45, 7) is 0.768. The van der Waals surface area contributed by atoms with E-state index in [4.69, 9.17) is 28.7 Å². The Hall–Kier alpha value is -3.52. The van der Waals surface area contributed by atoms with E-state index in [0.717, 1.165) is 22.2 Å². The first-order valence-corrected chi connectivity index (χ1v) is 10.0. The second kappa shape index (κ2) is 7.96. The molecule has 160 valence electrons. The lowest BCUT2D eigenvalue weighted by Gasteiger charge is -2.16. The molecule has 8 heteroatoms. The minimum absolute atomic E-state index is 0.165. The predicted octanol–water partition coefficient (Wildman–Crippen LogP) is 2.92. The van der Waals surface area contributed by atoms with Crippen LogP contribution in [0.25, 0.3) is 22.2 Å². The minimum Gasteiger partial charge on any atom is -0.497 e. The number of carbonyl (C=O) groups is 1. The standard InChI is InChI=1S/C23H22N2O6/c1-27-14-4-5-16-18(8-14)25-17(13-3-6-20-22(7-13)30-12-29-20)10-21(16)31-15-9-19(24-11-15)23(26)28-2/h3-8,10,15,19,24H,9,11-12H2,1-2H3/t15?,19-/m0/s1. The Balaban J connectivity index is 1.52. The van der Waals surface area contributed by atoms with Crippen molar-refractivity contribution in [1.82, 2.24) is 10.3 Å². The molecule has 2 atom stereocenters. The number of fused-ring (bicyclic) bond motifs is 2. The number of pyridine rings is 1. The molecule has 1 saturated heterocycles. The average molecular weight is 422 g/mol. The Morgan fingerprint density at radius 1 is 1.10 bits per heavy atom. The molecule has 0 aliphatic carbocycles. The highest BCUT2D eigenvalue weighted by molar-refractivity contribution is 5.89. The van der Waals surface area contributed by atoms with Crippen LogP contribution in [0.15, 0.2) is 42.5 Å². The van der Waals surface area contributed by atoms with Crippen LogP contribution >= 0.6 is 0 Å². The van der Waals surface area contributed by atoms with Crippen LogP contribution in [0.5, 0.6) is 23.0 Å². The van der Waals surface area contributed by atoms with Crippen molar-refractivity contribution >= 4 is 16.9 Å². The molecule has 2 aromatic carbocycles. The van der Waals surface area contributed by atoms with Gasteiger partial charge in [-0.2, -0.15) is 0 Å². The van der Waals surface area contributed by atoms with E-state index < -0.39 is 0 Å². The zero-order valence-corrected chi connectivity index (χ0v) is 17.2. The molecular formula is C23H22N2O6. The van der Waals surface area contributed by atoms with Crippen LogP contribution in [0.2, 0.25) is 0 Å². The number of hydrogen-bond donors (Lipinski definition) is 1. The third-order valence-corrected chi connectivity index (χ3v) is 5.52. The molecule has 2 aliphatic heterocycles. The Labute approximate surface area is 179 Å². The van der Waals surface area contributed by atoms with Gasteiger partial charge in [0, 0.05) is 36.0 Å². The van der Waals surface area contributed by atoms with Crippen LogP contribution in [-0.2, 0) is 9.53 Å². The minimum atomic E-state index is -0.364. The van der Waals surface area contributed by atoms with E-state index >= 15 is 0 Å². The number of nitrogens with one attached hydrogen (secondary N) is 1. The summed E-state index contributed by atoms with van der Waals surface area (Å²) in [6.07, 6.45) is 0.368. The number of aromatic nitrogens is 1. The fourth-order valence-electron chi connectivity index (χ4n) is 3.90. The Kier molecular flexibility index (Phi) is 4.99. The van der Waals surface area contributed by atoms with E-state index in [2.05, 4.69) is 5.32 Å². The molecule has 1 aromatic heterocycles. The number of rotatable bonds is 5. The maximum absolute atomic E-state index is 11.8. The quantitative estimate of drug-likeness (QED) is 0.628. The van der Waals surface area contributed by atoms with Crippen molar-refractivity contribution < 1.29 is 28.5 Å². The van der Waals surface area contributed by atoms with Crippen LogP contribution < -0.4 is 24.3 Å². The van der Waals surface area contributed by atoms with E-state index in [9.17, 15) is 4.79 Å². The van der Waals surface area contributed by atoms with Crippen LogP contribution in [0.3, 0.4) is 0 Å². The monoisotopic (exact) mass is 422 g/mol. The lowest BCUT2D eigenvalue weighted by atomic mass is 10.1. The van der Waals surface area contributed by atoms with Crippen molar-refractivity contribution in [3.05, 3.63) is 42.5 Å². The molecular weight excluding hydrogens is 400 g/mol. The molecule has 2 aliphatic rings. The van der Waals surface area contributed by atoms with Gasteiger partial charge in [0.1, 0.15) is 23.6 Å². The second-order valence-corrected chi connectivity index (χ2v) is 7.42. The lowest BCUT2D eigenvalue weighted by molar-refractivity contribution is -0.142. The molecule has 3 heterocycles. The molecule has 0 radical (unpaired) electrons. The third kappa shape index (κ3) is 3.70. The summed E-state index contributed by atoms with van der Waals surface area (Å²) in [7, 11) is 3.01. The molecule has 31 heavy (non-hydrogen) atoms. The van der Waals surface area contributed by atoms with Crippen LogP contribution in [0.4, 0.5) is 0 Å². The number of ether oxygens (including phenoxy) is 5. The van der Waals surface area contributed by atoms with Crippen LogP contribution in [-0.4, -0.2) is 50.7 Å². The Bertz CT molecular complexity index is 1150. The predicted molar refractivity (Wildman–Crippen MR) is 113 cm³/mol. The summed E-state index contributed by atoms with van der Waals surface area (Å²) >= 11 is 0. The summed E-state index contributed by atoms with van der Waals surface area (Å²) in [6, 6.07) is 13.0. The number of nitrogens with zero attached hydrogens (tertiary/aromatic N) is 1. The van der Waals surface area contributed by atoms with Gasteiger partial charge in [0.25, 0.3) is 0 Å². The fraction of sp³-hybridized carbons (Fsp3) is 0.304. The summed E-state index contributed by atoms with van der Waals surface area (Å²) in [5, 5.41) is 4.02. The first kappa shape index (κ1) is 19.4. The topological polar surface area (TPSA) is 88.1 Å². The van der Waals surface area contributed by atoms with Gasteiger partial charge >= 0.3 is 5.97 Å². The van der Waals surface area contributed by atoms with Gasteiger partial charge < -0.3 is 29.0 Å².